The van der Waals surface area contributed by atoms with Crippen LogP contribution in [0.2, 0.25) is 0 Å². The molecule has 0 unspecified atom stereocenters. The van der Waals surface area contributed by atoms with E-state index in [4.69, 9.17) is 5.84 Å². The molecule has 4 heteroatoms. The number of nitrogens with one attached hydrogen (secondary N) is 1. The number of aryl methyl sites for hydroxylation is 1. The van der Waals surface area contributed by atoms with E-state index in [-0.39, 0.29) is 0 Å². The van der Waals surface area contributed by atoms with Gasteiger partial charge in [-0.25, -0.2) is 5.84 Å². The van der Waals surface area contributed by atoms with Gasteiger partial charge in [-0.1, -0.05) is 22.0 Å². The maximum atomic E-state index is 5.34. The summed E-state index contributed by atoms with van der Waals surface area (Å²) in [5.74, 6) is 6.03. The van der Waals surface area contributed by atoms with E-state index in [9.17, 15) is 0 Å². The molecule has 1 rings (SSSR count). The second kappa shape index (κ2) is 4.39. The van der Waals surface area contributed by atoms with Gasteiger partial charge in [-0.2, -0.15) is 0 Å². The molecule has 0 radical (unpaired) electrons. The topological polar surface area (TPSA) is 50.4 Å². The van der Waals surface area contributed by atoms with E-state index in [0.29, 0.717) is 5.84 Å². The first-order valence-electron chi connectivity index (χ1n) is 3.89. The highest BCUT2D eigenvalue weighted by Crippen LogP contribution is 2.15. The van der Waals surface area contributed by atoms with Crippen molar-refractivity contribution in [2.45, 2.75) is 6.92 Å². The van der Waals surface area contributed by atoms with Crippen LogP contribution in [-0.2, 0) is 0 Å². The normalized spacial score (nSPS) is 11.5. The Hall–Kier alpha value is -0.870. The smallest absolute Gasteiger partial charge is 0.142 e. The molecule has 0 aromatic heterocycles. The summed E-state index contributed by atoms with van der Waals surface area (Å²) in [6, 6.07) is 5.99. The molecule has 0 amide bonds. The lowest BCUT2D eigenvalue weighted by molar-refractivity contribution is 1.01. The van der Waals surface area contributed by atoms with Gasteiger partial charge in [0.2, 0.25) is 0 Å². The molecule has 0 bridgehead atoms. The molecule has 0 aliphatic rings. The maximum absolute atomic E-state index is 5.34. The molecule has 13 heavy (non-hydrogen) atoms. The van der Waals surface area contributed by atoms with Crippen molar-refractivity contribution >= 4 is 21.8 Å². The zero-order valence-corrected chi connectivity index (χ0v) is 9.22. The van der Waals surface area contributed by atoms with Crippen LogP contribution < -0.4 is 11.3 Å². The Labute approximate surface area is 86.1 Å². The fourth-order valence-corrected chi connectivity index (χ4v) is 1.47. The van der Waals surface area contributed by atoms with Crippen molar-refractivity contribution in [2.24, 2.45) is 10.8 Å². The van der Waals surface area contributed by atoms with E-state index in [1.165, 1.54) is 0 Å². The largest absolute Gasteiger partial charge is 0.308 e. The number of amidine groups is 1. The van der Waals surface area contributed by atoms with Crippen molar-refractivity contribution in [1.82, 2.24) is 5.43 Å². The number of hydrazine groups is 1. The molecule has 0 atom stereocenters. The zero-order chi connectivity index (χ0) is 9.84. The van der Waals surface area contributed by atoms with Crippen molar-refractivity contribution in [1.29, 1.82) is 0 Å². The summed E-state index contributed by atoms with van der Waals surface area (Å²) < 4.78 is 1.02. The zero-order valence-electron chi connectivity index (χ0n) is 7.63. The summed E-state index contributed by atoms with van der Waals surface area (Å²) in [6.07, 6.45) is 0. The summed E-state index contributed by atoms with van der Waals surface area (Å²) in [6.45, 7) is 2.02. The number of rotatable bonds is 1. The third kappa shape index (κ3) is 2.29. The van der Waals surface area contributed by atoms with Crippen LogP contribution in [-0.4, -0.2) is 12.9 Å². The first-order chi connectivity index (χ1) is 6.19. The fraction of sp³-hybridized carbons (Fsp3) is 0.222. The average molecular weight is 242 g/mol. The Balaban J connectivity index is 3.19. The molecule has 0 saturated heterocycles. The van der Waals surface area contributed by atoms with Gasteiger partial charge in [0.05, 0.1) is 0 Å². The number of hydrogen-bond acceptors (Lipinski definition) is 2. The number of nitrogens with zero attached hydrogens (tertiary/aromatic N) is 1. The Bertz CT molecular complexity index is 334. The van der Waals surface area contributed by atoms with Crippen molar-refractivity contribution in [2.75, 3.05) is 7.05 Å². The average Bonchev–Trinajstić information content (AvgIpc) is 2.13. The van der Waals surface area contributed by atoms with Crippen molar-refractivity contribution in [3.63, 3.8) is 0 Å². The predicted octanol–water partition coefficient (Wildman–Crippen LogP) is 1.60. The lowest BCUT2D eigenvalue weighted by Crippen LogP contribution is -2.31. The van der Waals surface area contributed by atoms with Gasteiger partial charge in [0.15, 0.2) is 0 Å². The minimum atomic E-state index is 0.693. The highest BCUT2D eigenvalue weighted by atomic mass is 79.9. The third-order valence-electron chi connectivity index (χ3n) is 1.82. The van der Waals surface area contributed by atoms with E-state index in [2.05, 4.69) is 26.3 Å². The first kappa shape index (κ1) is 10.2. The second-order valence-electron chi connectivity index (χ2n) is 2.68. The van der Waals surface area contributed by atoms with Gasteiger partial charge in [-0.3, -0.25) is 4.99 Å². The highest BCUT2D eigenvalue weighted by molar-refractivity contribution is 9.10. The minimum Gasteiger partial charge on any atom is -0.308 e. The van der Waals surface area contributed by atoms with Gasteiger partial charge in [-0.05, 0) is 24.6 Å². The number of aliphatic imine (C=N–C) groups is 1. The summed E-state index contributed by atoms with van der Waals surface area (Å²) in [5.41, 5.74) is 4.72. The van der Waals surface area contributed by atoms with Crippen LogP contribution in [0.15, 0.2) is 27.7 Å². The van der Waals surface area contributed by atoms with Crippen LogP contribution in [0.3, 0.4) is 0 Å². The number of halogens is 1. The minimum absolute atomic E-state index is 0.693. The Kier molecular flexibility index (Phi) is 3.45. The molecule has 0 saturated carbocycles. The lowest BCUT2D eigenvalue weighted by atomic mass is 10.1. The van der Waals surface area contributed by atoms with E-state index in [1.54, 1.807) is 7.05 Å². The lowest BCUT2D eigenvalue weighted by Gasteiger charge is -2.08. The first-order valence-corrected chi connectivity index (χ1v) is 4.68. The molecule has 1 aromatic carbocycles. The SMILES string of the molecule is CN=C(NN)c1cc(Br)ccc1C. The standard InChI is InChI=1S/C9H12BrN3/c1-6-3-4-7(10)5-8(6)9(12-2)13-11/h3-5H,11H2,1-2H3,(H,12,13). The van der Waals surface area contributed by atoms with Crippen molar-refractivity contribution in [3.05, 3.63) is 33.8 Å². The van der Waals surface area contributed by atoms with Crippen LogP contribution in [0.25, 0.3) is 0 Å². The van der Waals surface area contributed by atoms with E-state index in [0.717, 1.165) is 15.6 Å². The van der Waals surface area contributed by atoms with E-state index in [1.807, 2.05) is 25.1 Å². The van der Waals surface area contributed by atoms with Gasteiger partial charge in [-0.15, -0.1) is 0 Å². The van der Waals surface area contributed by atoms with E-state index < -0.39 is 0 Å². The monoisotopic (exact) mass is 241 g/mol. The summed E-state index contributed by atoms with van der Waals surface area (Å²) >= 11 is 3.40. The van der Waals surface area contributed by atoms with Gasteiger partial charge >= 0.3 is 0 Å². The molecule has 70 valence electrons. The van der Waals surface area contributed by atoms with E-state index >= 15 is 0 Å². The quantitative estimate of drug-likeness (QED) is 0.340. The molecule has 1 aromatic rings. The summed E-state index contributed by atoms with van der Waals surface area (Å²) in [5, 5.41) is 0. The molecule has 0 fully saturated rings. The van der Waals surface area contributed by atoms with Crippen LogP contribution in [0, 0.1) is 6.92 Å². The van der Waals surface area contributed by atoms with Gasteiger partial charge in [0.1, 0.15) is 5.84 Å². The fourth-order valence-electron chi connectivity index (χ4n) is 1.11. The van der Waals surface area contributed by atoms with Crippen LogP contribution in [0.4, 0.5) is 0 Å². The third-order valence-corrected chi connectivity index (χ3v) is 2.31. The summed E-state index contributed by atoms with van der Waals surface area (Å²) in [4.78, 5) is 4.04. The van der Waals surface area contributed by atoms with Gasteiger partial charge in [0.25, 0.3) is 0 Å². The molecular formula is C9H12BrN3. The van der Waals surface area contributed by atoms with Crippen LogP contribution >= 0.6 is 15.9 Å². The predicted molar refractivity (Wildman–Crippen MR) is 58.7 cm³/mol. The maximum Gasteiger partial charge on any atom is 0.142 e. The Morgan fingerprint density at radius 1 is 1.54 bits per heavy atom. The molecule has 0 spiro atoms. The van der Waals surface area contributed by atoms with Gasteiger partial charge < -0.3 is 5.43 Å². The number of nitrogens with two attached hydrogens (primary N) is 1. The molecule has 0 heterocycles. The molecule has 3 N–H and O–H groups in total. The van der Waals surface area contributed by atoms with Gasteiger partial charge in [0, 0.05) is 17.1 Å². The van der Waals surface area contributed by atoms with Crippen molar-refractivity contribution < 1.29 is 0 Å². The molecule has 0 aliphatic heterocycles. The number of benzene rings is 1. The van der Waals surface area contributed by atoms with Crippen molar-refractivity contribution in [3.8, 4) is 0 Å². The number of hydrogen-bond donors (Lipinski definition) is 2. The Morgan fingerprint density at radius 3 is 2.77 bits per heavy atom. The molecule has 3 nitrogen and oxygen atoms in total. The molecule has 0 aliphatic carbocycles. The summed E-state index contributed by atoms with van der Waals surface area (Å²) in [7, 11) is 1.70. The highest BCUT2D eigenvalue weighted by Gasteiger charge is 2.04. The Morgan fingerprint density at radius 2 is 2.23 bits per heavy atom. The van der Waals surface area contributed by atoms with Crippen LogP contribution in [0.5, 0.6) is 0 Å². The second-order valence-corrected chi connectivity index (χ2v) is 3.59. The van der Waals surface area contributed by atoms with Crippen LogP contribution in [0.1, 0.15) is 11.1 Å². The molecular weight excluding hydrogens is 230 g/mol.